The molecule has 1 fully saturated rings. The van der Waals surface area contributed by atoms with E-state index in [2.05, 4.69) is 15.2 Å². The van der Waals surface area contributed by atoms with Crippen molar-refractivity contribution in [2.45, 2.75) is 4.90 Å². The summed E-state index contributed by atoms with van der Waals surface area (Å²) >= 11 is 0. The maximum absolute atomic E-state index is 12.3. The summed E-state index contributed by atoms with van der Waals surface area (Å²) in [6, 6.07) is 14.6. The number of hydrogen-bond acceptors (Lipinski definition) is 8. The SMILES string of the molecule is COc1cc(-c2cc3nccn3c(Nc3ccccc3S(C)(=O)=O)n2)ccc1N1CCOCC1. The van der Waals surface area contributed by atoms with Crippen molar-refractivity contribution >= 4 is 32.8 Å². The molecule has 0 spiro atoms. The van der Waals surface area contributed by atoms with E-state index < -0.39 is 9.84 Å². The van der Waals surface area contributed by atoms with Crippen molar-refractivity contribution in [2.24, 2.45) is 0 Å². The normalized spacial score (nSPS) is 14.4. The summed E-state index contributed by atoms with van der Waals surface area (Å²) in [6.07, 6.45) is 4.64. The number of para-hydroxylation sites is 1. The summed E-state index contributed by atoms with van der Waals surface area (Å²) in [4.78, 5) is 11.7. The van der Waals surface area contributed by atoms with Gasteiger partial charge in [-0.3, -0.25) is 4.40 Å². The first kappa shape index (κ1) is 22.2. The van der Waals surface area contributed by atoms with Gasteiger partial charge >= 0.3 is 0 Å². The molecular weight excluding hydrogens is 454 g/mol. The lowest BCUT2D eigenvalue weighted by Crippen LogP contribution is -2.36. The lowest BCUT2D eigenvalue weighted by Gasteiger charge is -2.30. The fourth-order valence-corrected chi connectivity index (χ4v) is 4.92. The molecule has 0 aliphatic carbocycles. The van der Waals surface area contributed by atoms with E-state index in [1.54, 1.807) is 48.2 Å². The van der Waals surface area contributed by atoms with Gasteiger partial charge in [-0.15, -0.1) is 0 Å². The Bertz CT molecular complexity index is 1450. The Morgan fingerprint density at radius 2 is 1.88 bits per heavy atom. The van der Waals surface area contributed by atoms with Gasteiger partial charge in [0.15, 0.2) is 9.84 Å². The average molecular weight is 480 g/mol. The number of imidazole rings is 1. The minimum absolute atomic E-state index is 0.201. The third-order valence-corrected chi connectivity index (χ3v) is 6.90. The molecule has 0 amide bonds. The maximum atomic E-state index is 12.3. The molecular formula is C24H25N5O4S. The molecule has 0 saturated carbocycles. The van der Waals surface area contributed by atoms with Gasteiger partial charge in [-0.25, -0.2) is 18.4 Å². The van der Waals surface area contributed by atoms with Crippen LogP contribution in [0.1, 0.15) is 0 Å². The van der Waals surface area contributed by atoms with Crippen molar-refractivity contribution in [2.75, 3.05) is 49.9 Å². The number of ether oxygens (including phenoxy) is 2. The molecule has 0 radical (unpaired) electrons. The Morgan fingerprint density at radius 1 is 1.09 bits per heavy atom. The predicted molar refractivity (Wildman–Crippen MR) is 131 cm³/mol. The van der Waals surface area contributed by atoms with Gasteiger partial charge in [0.05, 0.1) is 42.3 Å². The van der Waals surface area contributed by atoms with Gasteiger partial charge in [-0.2, -0.15) is 0 Å². The van der Waals surface area contributed by atoms with Crippen molar-refractivity contribution in [3.05, 3.63) is 60.9 Å². The molecule has 2 aromatic carbocycles. The second kappa shape index (κ2) is 8.96. The number of hydrogen-bond donors (Lipinski definition) is 1. The van der Waals surface area contributed by atoms with Crippen LogP contribution in [0.4, 0.5) is 17.3 Å². The van der Waals surface area contributed by atoms with Gasteiger partial charge in [0.1, 0.15) is 11.4 Å². The molecule has 1 saturated heterocycles. The second-order valence-electron chi connectivity index (χ2n) is 8.00. The van der Waals surface area contributed by atoms with Crippen LogP contribution in [-0.2, 0) is 14.6 Å². The van der Waals surface area contributed by atoms with Gasteiger partial charge in [-0.1, -0.05) is 18.2 Å². The first-order valence-corrected chi connectivity index (χ1v) is 12.7. The lowest BCUT2D eigenvalue weighted by atomic mass is 10.1. The molecule has 5 rings (SSSR count). The summed E-state index contributed by atoms with van der Waals surface area (Å²) < 4.78 is 37.5. The number of sulfone groups is 1. The van der Waals surface area contributed by atoms with E-state index in [1.807, 2.05) is 24.3 Å². The van der Waals surface area contributed by atoms with Crippen LogP contribution in [0, 0.1) is 0 Å². The largest absolute Gasteiger partial charge is 0.495 e. The molecule has 176 valence electrons. The highest BCUT2D eigenvalue weighted by molar-refractivity contribution is 7.90. The summed E-state index contributed by atoms with van der Waals surface area (Å²) in [5.41, 5.74) is 3.69. The quantitative estimate of drug-likeness (QED) is 0.449. The Balaban J connectivity index is 1.57. The van der Waals surface area contributed by atoms with Crippen LogP contribution in [-0.4, -0.2) is 62.5 Å². The van der Waals surface area contributed by atoms with Crippen LogP contribution < -0.4 is 15.0 Å². The Kier molecular flexibility index (Phi) is 5.84. The van der Waals surface area contributed by atoms with Gasteiger partial charge < -0.3 is 19.7 Å². The van der Waals surface area contributed by atoms with E-state index in [9.17, 15) is 8.42 Å². The summed E-state index contributed by atoms with van der Waals surface area (Å²) in [5.74, 6) is 1.21. The van der Waals surface area contributed by atoms with Gasteiger partial charge in [0, 0.05) is 43.4 Å². The van der Waals surface area contributed by atoms with Gasteiger partial charge in [0.25, 0.3) is 0 Å². The van der Waals surface area contributed by atoms with Gasteiger partial charge in [-0.05, 0) is 24.3 Å². The molecule has 1 N–H and O–H groups in total. The van der Waals surface area contributed by atoms with E-state index in [0.29, 0.717) is 36.2 Å². The molecule has 2 aromatic heterocycles. The zero-order chi connectivity index (χ0) is 23.7. The van der Waals surface area contributed by atoms with Crippen LogP contribution in [0.25, 0.3) is 16.9 Å². The van der Waals surface area contributed by atoms with E-state index in [4.69, 9.17) is 14.5 Å². The molecule has 0 bridgehead atoms. The van der Waals surface area contributed by atoms with Crippen molar-refractivity contribution in [3.8, 4) is 17.0 Å². The Hall–Kier alpha value is -3.63. The number of morpholine rings is 1. The minimum Gasteiger partial charge on any atom is -0.495 e. The van der Waals surface area contributed by atoms with Crippen LogP contribution in [0.15, 0.2) is 65.8 Å². The van der Waals surface area contributed by atoms with Crippen LogP contribution in [0.2, 0.25) is 0 Å². The van der Waals surface area contributed by atoms with E-state index in [1.165, 1.54) is 6.26 Å². The molecule has 34 heavy (non-hydrogen) atoms. The first-order chi connectivity index (χ1) is 16.4. The fourth-order valence-electron chi connectivity index (χ4n) is 4.08. The third-order valence-electron chi connectivity index (χ3n) is 5.75. The van der Waals surface area contributed by atoms with Crippen molar-refractivity contribution < 1.29 is 17.9 Å². The Labute approximate surface area is 197 Å². The number of anilines is 3. The van der Waals surface area contributed by atoms with Crippen molar-refractivity contribution in [3.63, 3.8) is 0 Å². The number of aromatic nitrogens is 3. The zero-order valence-electron chi connectivity index (χ0n) is 18.9. The molecule has 3 heterocycles. The highest BCUT2D eigenvalue weighted by atomic mass is 32.2. The average Bonchev–Trinajstić information content (AvgIpc) is 3.33. The minimum atomic E-state index is -3.43. The topological polar surface area (TPSA) is 98.1 Å². The summed E-state index contributed by atoms with van der Waals surface area (Å²) in [6.45, 7) is 2.99. The van der Waals surface area contributed by atoms with E-state index >= 15 is 0 Å². The third kappa shape index (κ3) is 4.29. The summed E-state index contributed by atoms with van der Waals surface area (Å²) in [5, 5.41) is 3.19. The van der Waals surface area contributed by atoms with Crippen LogP contribution >= 0.6 is 0 Å². The molecule has 9 nitrogen and oxygen atoms in total. The number of methoxy groups -OCH3 is 1. The monoisotopic (exact) mass is 479 g/mol. The van der Waals surface area contributed by atoms with Crippen LogP contribution in [0.3, 0.4) is 0 Å². The van der Waals surface area contributed by atoms with Crippen molar-refractivity contribution in [1.82, 2.24) is 14.4 Å². The lowest BCUT2D eigenvalue weighted by molar-refractivity contribution is 0.122. The highest BCUT2D eigenvalue weighted by Crippen LogP contribution is 2.34. The fraction of sp³-hybridized carbons (Fsp3) is 0.250. The number of rotatable bonds is 6. The molecule has 0 atom stereocenters. The van der Waals surface area contributed by atoms with E-state index in [0.717, 1.165) is 30.1 Å². The van der Waals surface area contributed by atoms with Crippen LogP contribution in [0.5, 0.6) is 5.75 Å². The molecule has 0 unspecified atom stereocenters. The summed E-state index contributed by atoms with van der Waals surface area (Å²) in [7, 11) is -1.77. The number of benzene rings is 2. The molecule has 4 aromatic rings. The molecule has 10 heteroatoms. The standard InChI is InChI=1S/C24H25N5O4S/c1-32-21-15-17(7-8-20(21)28-11-13-33-14-12-28)19-16-23-25-9-10-29(23)24(27-19)26-18-5-3-4-6-22(18)34(2,30)31/h3-10,15-16H,11-14H2,1-2H3,(H,26,27). The Morgan fingerprint density at radius 3 is 2.65 bits per heavy atom. The molecule has 1 aliphatic rings. The predicted octanol–water partition coefficient (Wildman–Crippen LogP) is 3.39. The number of nitrogens with one attached hydrogen (secondary N) is 1. The second-order valence-corrected chi connectivity index (χ2v) is 9.98. The van der Waals surface area contributed by atoms with Gasteiger partial charge in [0.2, 0.25) is 5.95 Å². The van der Waals surface area contributed by atoms with Crippen molar-refractivity contribution in [1.29, 1.82) is 0 Å². The number of nitrogens with zero attached hydrogens (tertiary/aromatic N) is 4. The molecule has 1 aliphatic heterocycles. The maximum Gasteiger partial charge on any atom is 0.213 e. The van der Waals surface area contributed by atoms with E-state index in [-0.39, 0.29) is 4.90 Å². The smallest absolute Gasteiger partial charge is 0.213 e. The highest BCUT2D eigenvalue weighted by Gasteiger charge is 2.18. The zero-order valence-corrected chi connectivity index (χ0v) is 19.7. The first-order valence-electron chi connectivity index (χ1n) is 10.9. The number of fused-ring (bicyclic) bond motifs is 1.